The summed E-state index contributed by atoms with van der Waals surface area (Å²) in [7, 11) is -1.37. The molecule has 0 aromatic rings. The summed E-state index contributed by atoms with van der Waals surface area (Å²) in [6.07, 6.45) is 3.95. The molecule has 113 valence electrons. The first kappa shape index (κ1) is 17.1. The minimum absolute atomic E-state index is 0.229. The molecule has 1 unspecified atom stereocenters. The van der Waals surface area contributed by atoms with Gasteiger partial charge in [0, 0.05) is 13.2 Å². The van der Waals surface area contributed by atoms with E-state index in [9.17, 15) is 0 Å². The van der Waals surface area contributed by atoms with Crippen LogP contribution in [0.25, 0.3) is 0 Å². The summed E-state index contributed by atoms with van der Waals surface area (Å²) in [6.45, 7) is 11.3. The Kier molecular flexibility index (Phi) is 8.17. The van der Waals surface area contributed by atoms with Gasteiger partial charge in [-0.3, -0.25) is 0 Å². The van der Waals surface area contributed by atoms with Crippen molar-refractivity contribution in [2.45, 2.75) is 64.7 Å². The second kappa shape index (κ2) is 9.08. The van der Waals surface area contributed by atoms with Crippen LogP contribution in [0.4, 0.5) is 0 Å². The van der Waals surface area contributed by atoms with Crippen LogP contribution in [0.15, 0.2) is 0 Å². The van der Waals surface area contributed by atoms with Gasteiger partial charge in [0.2, 0.25) is 0 Å². The highest BCUT2D eigenvalue weighted by Gasteiger charge is 2.48. The van der Waals surface area contributed by atoms with E-state index >= 15 is 0 Å². The van der Waals surface area contributed by atoms with E-state index in [1.807, 2.05) is 13.8 Å². The van der Waals surface area contributed by atoms with E-state index in [1.54, 1.807) is 0 Å². The van der Waals surface area contributed by atoms with Crippen LogP contribution in [0.5, 0.6) is 0 Å². The van der Waals surface area contributed by atoms with Crippen molar-refractivity contribution in [2.75, 3.05) is 26.4 Å². The van der Waals surface area contributed by atoms with E-state index in [0.717, 1.165) is 38.9 Å². The van der Waals surface area contributed by atoms with Crippen molar-refractivity contribution in [1.82, 2.24) is 0 Å². The molecule has 5 heteroatoms. The molecule has 1 fully saturated rings. The van der Waals surface area contributed by atoms with Crippen LogP contribution in [-0.4, -0.2) is 41.5 Å². The largest absolute Gasteiger partial charge is 0.393 e. The standard InChI is InChI=1S/C14H29O4Si/c1-5-10-13(19(17-7-3)18-8-4)14(6-2)15-11-9-12-16-14/h13H,5-12H2,1-4H3. The number of hydrogen-bond donors (Lipinski definition) is 0. The Labute approximate surface area is 119 Å². The maximum Gasteiger partial charge on any atom is 0.393 e. The fourth-order valence-electron chi connectivity index (χ4n) is 2.58. The molecule has 0 amide bonds. The summed E-state index contributed by atoms with van der Waals surface area (Å²) in [5.74, 6) is -0.493. The molecule has 0 spiro atoms. The second-order valence-corrected chi connectivity index (χ2v) is 6.65. The van der Waals surface area contributed by atoms with Gasteiger partial charge in [-0.15, -0.1) is 0 Å². The van der Waals surface area contributed by atoms with Crippen molar-refractivity contribution in [3.63, 3.8) is 0 Å². The molecular formula is C14H29O4Si. The molecular weight excluding hydrogens is 260 g/mol. The van der Waals surface area contributed by atoms with E-state index in [2.05, 4.69) is 13.8 Å². The Morgan fingerprint density at radius 3 is 2.05 bits per heavy atom. The minimum Gasteiger partial charge on any atom is -0.393 e. The molecule has 1 saturated heterocycles. The van der Waals surface area contributed by atoms with Crippen molar-refractivity contribution in [3.8, 4) is 0 Å². The minimum atomic E-state index is -1.37. The molecule has 1 aliphatic heterocycles. The van der Waals surface area contributed by atoms with Crippen LogP contribution in [0.2, 0.25) is 5.54 Å². The molecule has 1 radical (unpaired) electrons. The predicted molar refractivity (Wildman–Crippen MR) is 77.2 cm³/mol. The SMILES string of the molecule is CCCC([Si](OCC)OCC)C1(CC)OCCCO1. The lowest BCUT2D eigenvalue weighted by molar-refractivity contribution is -0.274. The first-order chi connectivity index (χ1) is 9.24. The zero-order valence-corrected chi connectivity index (χ0v) is 13.9. The molecule has 1 rings (SSSR count). The van der Waals surface area contributed by atoms with Gasteiger partial charge >= 0.3 is 9.28 Å². The molecule has 4 nitrogen and oxygen atoms in total. The Hall–Kier alpha value is 0.0569. The van der Waals surface area contributed by atoms with Crippen LogP contribution in [-0.2, 0) is 18.3 Å². The van der Waals surface area contributed by atoms with Crippen molar-refractivity contribution in [3.05, 3.63) is 0 Å². The van der Waals surface area contributed by atoms with Gasteiger partial charge in [0.15, 0.2) is 5.79 Å². The average molecular weight is 289 g/mol. The Morgan fingerprint density at radius 2 is 1.63 bits per heavy atom. The van der Waals surface area contributed by atoms with E-state index in [0.29, 0.717) is 13.2 Å². The normalized spacial score (nSPS) is 20.7. The van der Waals surface area contributed by atoms with Crippen LogP contribution in [0, 0.1) is 0 Å². The van der Waals surface area contributed by atoms with Crippen LogP contribution in [0.1, 0.15) is 53.4 Å². The maximum absolute atomic E-state index is 6.05. The predicted octanol–water partition coefficient (Wildman–Crippen LogP) is 3.26. The number of rotatable bonds is 9. The summed E-state index contributed by atoms with van der Waals surface area (Å²) in [5.41, 5.74) is 0.229. The summed E-state index contributed by atoms with van der Waals surface area (Å²) in [5, 5.41) is 0. The lowest BCUT2D eigenvalue weighted by Crippen LogP contribution is -2.50. The molecule has 0 aliphatic carbocycles. The number of ether oxygens (including phenoxy) is 2. The average Bonchev–Trinajstić information content (AvgIpc) is 2.45. The summed E-state index contributed by atoms with van der Waals surface area (Å²) >= 11 is 0. The quantitative estimate of drug-likeness (QED) is 0.611. The van der Waals surface area contributed by atoms with E-state index in [1.165, 1.54) is 0 Å². The van der Waals surface area contributed by atoms with Crippen LogP contribution >= 0.6 is 0 Å². The van der Waals surface area contributed by atoms with E-state index in [-0.39, 0.29) is 5.54 Å². The highest BCUT2D eigenvalue weighted by molar-refractivity contribution is 6.46. The highest BCUT2D eigenvalue weighted by Crippen LogP contribution is 2.40. The molecule has 1 atom stereocenters. The zero-order valence-electron chi connectivity index (χ0n) is 12.9. The third kappa shape index (κ3) is 4.53. The molecule has 0 N–H and O–H groups in total. The molecule has 1 heterocycles. The van der Waals surface area contributed by atoms with E-state index < -0.39 is 15.1 Å². The lowest BCUT2D eigenvalue weighted by atomic mass is 10.0. The number of hydrogen-bond acceptors (Lipinski definition) is 4. The first-order valence-electron chi connectivity index (χ1n) is 7.64. The van der Waals surface area contributed by atoms with E-state index in [4.69, 9.17) is 18.3 Å². The fraction of sp³-hybridized carbons (Fsp3) is 1.00. The van der Waals surface area contributed by atoms with Gasteiger partial charge in [0.05, 0.1) is 18.8 Å². The molecule has 0 aromatic carbocycles. The summed E-state index contributed by atoms with van der Waals surface area (Å²) in [4.78, 5) is 0. The van der Waals surface area contributed by atoms with Crippen LogP contribution < -0.4 is 0 Å². The van der Waals surface area contributed by atoms with Crippen molar-refractivity contribution < 1.29 is 18.3 Å². The highest BCUT2D eigenvalue weighted by atomic mass is 28.3. The summed E-state index contributed by atoms with van der Waals surface area (Å²) < 4.78 is 23.9. The third-order valence-corrected chi connectivity index (χ3v) is 5.88. The van der Waals surface area contributed by atoms with Gasteiger partial charge in [-0.1, -0.05) is 20.3 Å². The van der Waals surface area contributed by atoms with Crippen LogP contribution in [0.3, 0.4) is 0 Å². The molecule has 1 aliphatic rings. The van der Waals surface area contributed by atoms with Gasteiger partial charge in [0.25, 0.3) is 0 Å². The van der Waals surface area contributed by atoms with Gasteiger partial charge in [-0.2, -0.15) is 0 Å². The van der Waals surface area contributed by atoms with Gasteiger partial charge in [0.1, 0.15) is 0 Å². The maximum atomic E-state index is 6.05. The Bertz CT molecular complexity index is 225. The molecule has 19 heavy (non-hydrogen) atoms. The van der Waals surface area contributed by atoms with Crippen molar-refractivity contribution in [2.24, 2.45) is 0 Å². The first-order valence-corrected chi connectivity index (χ1v) is 9.03. The third-order valence-electron chi connectivity index (χ3n) is 3.44. The fourth-order valence-corrected chi connectivity index (χ4v) is 4.88. The zero-order chi connectivity index (χ0) is 14.1. The smallest absolute Gasteiger partial charge is 0.393 e. The van der Waals surface area contributed by atoms with Gasteiger partial charge < -0.3 is 18.3 Å². The topological polar surface area (TPSA) is 36.9 Å². The molecule has 0 saturated carbocycles. The Morgan fingerprint density at radius 1 is 1.05 bits per heavy atom. The van der Waals surface area contributed by atoms with Gasteiger partial charge in [-0.25, -0.2) is 0 Å². The van der Waals surface area contributed by atoms with Crippen molar-refractivity contribution in [1.29, 1.82) is 0 Å². The van der Waals surface area contributed by atoms with Crippen molar-refractivity contribution >= 4 is 9.28 Å². The second-order valence-electron chi connectivity index (χ2n) is 4.74. The Balaban J connectivity index is 2.86. The monoisotopic (exact) mass is 289 g/mol. The lowest BCUT2D eigenvalue weighted by Gasteiger charge is -2.43. The molecule has 0 aromatic heterocycles. The summed E-state index contributed by atoms with van der Waals surface area (Å²) in [6, 6.07) is 0. The van der Waals surface area contributed by atoms with Gasteiger partial charge in [-0.05, 0) is 33.1 Å². The molecule has 0 bridgehead atoms.